The van der Waals surface area contributed by atoms with Gasteiger partial charge in [-0.25, -0.2) is 9.98 Å². The monoisotopic (exact) mass is 474 g/mol. The van der Waals surface area contributed by atoms with E-state index in [-0.39, 0.29) is 24.0 Å². The number of unbranched alkanes of at least 4 members (excludes halogenated alkanes) is 1. The highest BCUT2D eigenvalue weighted by atomic mass is 127. The minimum Gasteiger partial charge on any atom is -0.444 e. The fourth-order valence-corrected chi connectivity index (χ4v) is 2.67. The van der Waals surface area contributed by atoms with Crippen LogP contribution in [-0.2, 0) is 6.54 Å². The summed E-state index contributed by atoms with van der Waals surface area (Å²) in [4.78, 5) is 9.08. The Morgan fingerprint density at radius 1 is 1.20 bits per heavy atom. The van der Waals surface area contributed by atoms with Crippen LogP contribution in [0.1, 0.15) is 25.5 Å². The van der Waals surface area contributed by atoms with E-state index < -0.39 is 0 Å². The van der Waals surface area contributed by atoms with E-state index in [1.165, 1.54) is 12.2 Å². The van der Waals surface area contributed by atoms with E-state index in [1.54, 1.807) is 6.26 Å². The summed E-state index contributed by atoms with van der Waals surface area (Å²) in [6.07, 6.45) is 6.18. The molecule has 2 aromatic rings. The number of guanidine groups is 1. The zero-order chi connectivity index (χ0) is 17.0. The number of nitrogens with zero attached hydrogens (tertiary/aromatic N) is 2. The van der Waals surface area contributed by atoms with E-state index in [1.807, 2.05) is 42.1 Å². The van der Waals surface area contributed by atoms with E-state index in [9.17, 15) is 0 Å². The number of thioether (sulfide) groups is 1. The first-order chi connectivity index (χ1) is 11.8. The highest BCUT2D eigenvalue weighted by Crippen LogP contribution is 2.18. The molecule has 5 nitrogen and oxygen atoms in total. The number of aromatic nitrogens is 1. The van der Waals surface area contributed by atoms with Crippen molar-refractivity contribution in [1.82, 2.24) is 15.6 Å². The van der Waals surface area contributed by atoms with Gasteiger partial charge in [0.25, 0.3) is 0 Å². The molecule has 1 aromatic heterocycles. The molecule has 7 heteroatoms. The number of halogens is 1. The van der Waals surface area contributed by atoms with Crippen molar-refractivity contribution in [1.29, 1.82) is 0 Å². The fourth-order valence-electron chi connectivity index (χ4n) is 2.17. The van der Waals surface area contributed by atoms with Crippen LogP contribution in [0.2, 0.25) is 0 Å². The molecular weight excluding hydrogens is 447 g/mol. The van der Waals surface area contributed by atoms with E-state index in [2.05, 4.69) is 33.8 Å². The lowest BCUT2D eigenvalue weighted by atomic mass is 10.2. The minimum absolute atomic E-state index is 0. The Balaban J connectivity index is 0.00000312. The third kappa shape index (κ3) is 8.13. The maximum absolute atomic E-state index is 5.54. The molecule has 2 N–H and O–H groups in total. The van der Waals surface area contributed by atoms with Crippen molar-refractivity contribution >= 4 is 41.7 Å². The van der Waals surface area contributed by atoms with E-state index >= 15 is 0 Å². The number of hydrogen-bond donors (Lipinski definition) is 2. The van der Waals surface area contributed by atoms with Gasteiger partial charge in [0.05, 0.1) is 6.54 Å². The Bertz CT molecular complexity index is 619. The molecule has 0 atom stereocenters. The smallest absolute Gasteiger partial charge is 0.226 e. The first-order valence-corrected chi connectivity index (χ1v) is 9.73. The molecule has 0 saturated heterocycles. The molecule has 0 spiro atoms. The second-order valence-electron chi connectivity index (χ2n) is 5.33. The van der Waals surface area contributed by atoms with Crippen LogP contribution in [0.4, 0.5) is 0 Å². The standard InChI is InChI=1S/C18H26N4OS.HI/c1-3-19-18(20-11-7-8-12-24-2)21-13-16-14-23-17(22-16)15-9-5-4-6-10-15;/h4-6,9-10,14H,3,7-8,11-13H2,1-2H3,(H2,19,20,21);1H. The fraction of sp³-hybridized carbons (Fsp3) is 0.444. The third-order valence-corrected chi connectivity index (χ3v) is 4.08. The number of rotatable bonds is 9. The van der Waals surface area contributed by atoms with Crippen LogP contribution < -0.4 is 10.6 Å². The van der Waals surface area contributed by atoms with Crippen molar-refractivity contribution in [3.05, 3.63) is 42.3 Å². The molecule has 0 aliphatic heterocycles. The van der Waals surface area contributed by atoms with Crippen molar-refractivity contribution in [3.8, 4) is 11.5 Å². The average Bonchev–Trinajstić information content (AvgIpc) is 3.09. The van der Waals surface area contributed by atoms with Crippen LogP contribution in [-0.4, -0.2) is 36.0 Å². The number of oxazole rings is 1. The van der Waals surface area contributed by atoms with Crippen molar-refractivity contribution in [2.45, 2.75) is 26.3 Å². The molecule has 0 aliphatic carbocycles. The Morgan fingerprint density at radius 2 is 2.00 bits per heavy atom. The zero-order valence-electron chi connectivity index (χ0n) is 14.8. The van der Waals surface area contributed by atoms with Crippen molar-refractivity contribution < 1.29 is 4.42 Å². The lowest BCUT2D eigenvalue weighted by Gasteiger charge is -2.10. The highest BCUT2D eigenvalue weighted by Gasteiger charge is 2.06. The van der Waals surface area contributed by atoms with E-state index in [0.717, 1.165) is 36.7 Å². The lowest BCUT2D eigenvalue weighted by Crippen LogP contribution is -2.37. The van der Waals surface area contributed by atoms with Crippen molar-refractivity contribution in [3.63, 3.8) is 0 Å². The molecule has 0 bridgehead atoms. The largest absolute Gasteiger partial charge is 0.444 e. The number of hydrogen-bond acceptors (Lipinski definition) is 4. The first kappa shape index (κ1) is 21.8. The molecule has 0 fully saturated rings. The summed E-state index contributed by atoms with van der Waals surface area (Å²) in [5, 5.41) is 6.62. The summed E-state index contributed by atoms with van der Waals surface area (Å²) in [7, 11) is 0. The number of aliphatic imine (C=N–C) groups is 1. The lowest BCUT2D eigenvalue weighted by molar-refractivity contribution is 0.572. The highest BCUT2D eigenvalue weighted by molar-refractivity contribution is 14.0. The van der Waals surface area contributed by atoms with Gasteiger partial charge in [0.1, 0.15) is 12.0 Å². The Morgan fingerprint density at radius 3 is 2.72 bits per heavy atom. The van der Waals surface area contributed by atoms with Gasteiger partial charge in [-0.3, -0.25) is 0 Å². The van der Waals surface area contributed by atoms with Crippen LogP contribution in [0.3, 0.4) is 0 Å². The maximum atomic E-state index is 5.54. The SMILES string of the molecule is CCNC(=NCc1coc(-c2ccccc2)n1)NCCCCSC.I. The summed E-state index contributed by atoms with van der Waals surface area (Å²) in [6, 6.07) is 9.90. The van der Waals surface area contributed by atoms with Crippen LogP contribution in [0.25, 0.3) is 11.5 Å². The van der Waals surface area contributed by atoms with Gasteiger partial charge in [-0.05, 0) is 43.9 Å². The molecule has 1 heterocycles. The van der Waals surface area contributed by atoms with Gasteiger partial charge in [-0.15, -0.1) is 24.0 Å². The van der Waals surface area contributed by atoms with Crippen molar-refractivity contribution in [2.24, 2.45) is 4.99 Å². The van der Waals surface area contributed by atoms with Gasteiger partial charge in [-0.2, -0.15) is 11.8 Å². The molecule has 0 unspecified atom stereocenters. The molecule has 0 aliphatic rings. The van der Waals surface area contributed by atoms with Gasteiger partial charge >= 0.3 is 0 Å². The van der Waals surface area contributed by atoms with E-state index in [0.29, 0.717) is 12.4 Å². The van der Waals surface area contributed by atoms with Crippen LogP contribution >= 0.6 is 35.7 Å². The second-order valence-corrected chi connectivity index (χ2v) is 6.32. The number of benzene rings is 1. The summed E-state index contributed by atoms with van der Waals surface area (Å²) >= 11 is 1.89. The van der Waals surface area contributed by atoms with Gasteiger partial charge < -0.3 is 15.1 Å². The van der Waals surface area contributed by atoms with Gasteiger partial charge in [0.15, 0.2) is 5.96 Å². The predicted octanol–water partition coefficient (Wildman–Crippen LogP) is 4.16. The molecule has 1 aromatic carbocycles. The summed E-state index contributed by atoms with van der Waals surface area (Å²) in [6.45, 7) is 4.33. The molecule has 0 saturated carbocycles. The van der Waals surface area contributed by atoms with E-state index in [4.69, 9.17) is 4.42 Å². The topological polar surface area (TPSA) is 62.5 Å². The second kappa shape index (κ2) is 13.0. The van der Waals surface area contributed by atoms with Crippen LogP contribution in [0.15, 0.2) is 46.0 Å². The first-order valence-electron chi connectivity index (χ1n) is 8.34. The minimum atomic E-state index is 0. The molecule has 138 valence electrons. The average molecular weight is 474 g/mol. The quantitative estimate of drug-likeness (QED) is 0.247. The third-order valence-electron chi connectivity index (χ3n) is 3.38. The van der Waals surface area contributed by atoms with Gasteiger partial charge in [-0.1, -0.05) is 18.2 Å². The normalized spacial score (nSPS) is 11.0. The molecule has 0 radical (unpaired) electrons. The summed E-state index contributed by atoms with van der Waals surface area (Å²) < 4.78 is 5.54. The maximum Gasteiger partial charge on any atom is 0.226 e. The Labute approximate surface area is 171 Å². The summed E-state index contributed by atoms with van der Waals surface area (Å²) in [5.41, 5.74) is 1.81. The zero-order valence-corrected chi connectivity index (χ0v) is 18.0. The molecule has 2 rings (SSSR count). The predicted molar refractivity (Wildman–Crippen MR) is 118 cm³/mol. The molecule has 25 heavy (non-hydrogen) atoms. The van der Waals surface area contributed by atoms with Crippen LogP contribution in [0.5, 0.6) is 0 Å². The molecule has 0 amide bonds. The van der Waals surface area contributed by atoms with Crippen molar-refractivity contribution in [2.75, 3.05) is 25.1 Å². The van der Waals surface area contributed by atoms with Crippen LogP contribution in [0, 0.1) is 0 Å². The van der Waals surface area contributed by atoms with Gasteiger partial charge in [0.2, 0.25) is 5.89 Å². The Hall–Kier alpha value is -1.22. The summed E-state index contributed by atoms with van der Waals surface area (Å²) in [5.74, 6) is 2.66. The Kier molecular flexibility index (Phi) is 11.4. The molecular formula is C18H27IN4OS. The number of nitrogens with one attached hydrogen (secondary N) is 2. The van der Waals surface area contributed by atoms with Gasteiger partial charge in [0, 0.05) is 18.7 Å².